The highest BCUT2D eigenvalue weighted by atomic mass is 19.2. The van der Waals surface area contributed by atoms with Crippen molar-refractivity contribution in [2.75, 3.05) is 0 Å². The van der Waals surface area contributed by atoms with Crippen LogP contribution in [0.1, 0.15) is 0 Å². The van der Waals surface area contributed by atoms with Crippen LogP contribution in [0.15, 0.2) is 0 Å². The molecule has 2 rings (SSSR count). The van der Waals surface area contributed by atoms with Gasteiger partial charge in [-0.2, -0.15) is 0 Å². The zero-order valence-corrected chi connectivity index (χ0v) is 10.9. The van der Waals surface area contributed by atoms with Crippen LogP contribution in [0.25, 0.3) is 0 Å². The van der Waals surface area contributed by atoms with Crippen molar-refractivity contribution in [1.29, 1.82) is 0 Å². The van der Waals surface area contributed by atoms with Crippen molar-refractivity contribution >= 4 is 18.2 Å². The van der Waals surface area contributed by atoms with Crippen molar-refractivity contribution in [3.05, 3.63) is 58.2 Å². The van der Waals surface area contributed by atoms with E-state index in [9.17, 15) is 43.9 Å². The van der Waals surface area contributed by atoms with Crippen LogP contribution in [0.5, 0.6) is 0 Å². The monoisotopic (exact) mass is 366 g/mol. The van der Waals surface area contributed by atoms with E-state index in [1.807, 2.05) is 0 Å². The second-order valence-electron chi connectivity index (χ2n) is 4.27. The first-order valence-electron chi connectivity index (χ1n) is 5.60. The van der Waals surface area contributed by atoms with E-state index in [1.165, 1.54) is 0 Å². The lowest BCUT2D eigenvalue weighted by atomic mass is 9.62. The number of hydrogen-bond acceptors (Lipinski definition) is 0. The van der Waals surface area contributed by atoms with E-state index in [0.717, 1.165) is 0 Å². The zero-order valence-electron chi connectivity index (χ0n) is 10.9. The van der Waals surface area contributed by atoms with Crippen molar-refractivity contribution < 1.29 is 48.6 Å². The van der Waals surface area contributed by atoms with E-state index in [-0.39, 0.29) is 4.70 Å². The summed E-state index contributed by atoms with van der Waals surface area (Å²) in [6.45, 7) is 0. The maximum absolute atomic E-state index is 13.4. The minimum Gasteiger partial charge on any atom is -0.269 e. The molecule has 0 saturated carbocycles. The summed E-state index contributed by atoms with van der Waals surface area (Å²) in [4.78, 5) is 0. The lowest BCUT2D eigenvalue weighted by molar-refractivity contribution is 0.382. The zero-order chi connectivity index (χ0) is 17.6. The molecule has 2 aromatic rings. The van der Waals surface area contributed by atoms with Crippen LogP contribution in [0.4, 0.5) is 48.6 Å². The number of rotatable bonds is 2. The first-order chi connectivity index (χ1) is 10.6. The largest absolute Gasteiger partial charge is 0.269 e. The van der Waals surface area contributed by atoms with Crippen molar-refractivity contribution in [3.63, 3.8) is 0 Å². The summed E-state index contributed by atoms with van der Waals surface area (Å²) in [7, 11) is -1.74. The van der Waals surface area contributed by atoms with E-state index in [0.29, 0.717) is 0 Å². The molecule has 0 spiro atoms. The van der Waals surface area contributed by atoms with E-state index in [1.54, 1.807) is 0 Å². The summed E-state index contributed by atoms with van der Waals surface area (Å²) in [5.74, 6) is -24.5. The van der Waals surface area contributed by atoms with Crippen LogP contribution in [0, 0.1) is 58.2 Å². The SMILES string of the molecule is F.Fc1c(F)c(F)c(Bc2c(F)c(F)c(F)c(F)c2F)c(F)c1F. The molecule has 0 bridgehead atoms. The highest BCUT2D eigenvalue weighted by molar-refractivity contribution is 6.67. The predicted octanol–water partition coefficient (Wildman–Crippen LogP) is 2.62. The van der Waals surface area contributed by atoms with Gasteiger partial charge in [-0.1, -0.05) is 0 Å². The van der Waals surface area contributed by atoms with Gasteiger partial charge < -0.3 is 0 Å². The quantitative estimate of drug-likeness (QED) is 0.332. The molecule has 0 saturated heterocycles. The van der Waals surface area contributed by atoms with Crippen molar-refractivity contribution in [3.8, 4) is 0 Å². The number of benzene rings is 2. The summed E-state index contributed by atoms with van der Waals surface area (Å²) in [6, 6.07) is 0. The molecule has 0 nitrogen and oxygen atoms in total. The molecule has 130 valence electrons. The molecular formula is C12H2BF11. The standard InChI is InChI=1S/C12HBF10.FH/c14-3-1(4(15)8(19)11(22)7(3)18)13-2-5(16)9(20)12(23)10(21)6(2)17;/h13H;1H. The van der Waals surface area contributed by atoms with Gasteiger partial charge in [0.15, 0.2) is 58.2 Å². The van der Waals surface area contributed by atoms with Gasteiger partial charge in [0.25, 0.3) is 0 Å². The van der Waals surface area contributed by atoms with Gasteiger partial charge in [-0.15, -0.1) is 0 Å². The second-order valence-corrected chi connectivity index (χ2v) is 4.27. The molecule has 0 atom stereocenters. The van der Waals surface area contributed by atoms with Crippen LogP contribution >= 0.6 is 0 Å². The molecule has 0 amide bonds. The molecule has 0 aliphatic heterocycles. The van der Waals surface area contributed by atoms with E-state index >= 15 is 0 Å². The third-order valence-electron chi connectivity index (χ3n) is 2.95. The average molecular weight is 366 g/mol. The first kappa shape index (κ1) is 19.8. The van der Waals surface area contributed by atoms with Crippen LogP contribution < -0.4 is 10.9 Å². The normalized spacial score (nSPS) is 10.6. The molecule has 0 aliphatic rings. The van der Waals surface area contributed by atoms with Gasteiger partial charge in [0.2, 0.25) is 7.28 Å². The van der Waals surface area contributed by atoms with Crippen molar-refractivity contribution in [2.45, 2.75) is 0 Å². The highest BCUT2D eigenvalue weighted by Gasteiger charge is 2.31. The Morgan fingerprint density at radius 2 is 0.500 bits per heavy atom. The number of hydrogen-bond donors (Lipinski definition) is 0. The first-order valence-corrected chi connectivity index (χ1v) is 5.60. The molecule has 0 unspecified atom stereocenters. The fourth-order valence-electron chi connectivity index (χ4n) is 1.79. The van der Waals surface area contributed by atoms with E-state index < -0.39 is 76.4 Å². The maximum atomic E-state index is 13.4. The predicted molar refractivity (Wildman–Crippen MR) is 61.4 cm³/mol. The topological polar surface area (TPSA) is 0 Å². The second kappa shape index (κ2) is 6.69. The van der Waals surface area contributed by atoms with Crippen LogP contribution in [-0.2, 0) is 0 Å². The molecular weight excluding hydrogens is 364 g/mol. The molecule has 2 aromatic carbocycles. The molecule has 0 heterocycles. The van der Waals surface area contributed by atoms with Gasteiger partial charge in [-0.25, -0.2) is 43.9 Å². The number of halogens is 11. The summed E-state index contributed by atoms with van der Waals surface area (Å²) in [5, 5.41) is 0. The van der Waals surface area contributed by atoms with Gasteiger partial charge in [0.1, 0.15) is 0 Å². The molecule has 0 N–H and O–H groups in total. The Kier molecular flexibility index (Phi) is 5.52. The van der Waals surface area contributed by atoms with Crippen molar-refractivity contribution in [1.82, 2.24) is 0 Å². The fraction of sp³-hybridized carbons (Fsp3) is 0. The Labute approximate surface area is 126 Å². The Bertz CT molecular complexity index is 692. The Hall–Kier alpha value is -2.27. The summed E-state index contributed by atoms with van der Waals surface area (Å²) >= 11 is 0. The molecule has 12 heteroatoms. The van der Waals surface area contributed by atoms with E-state index in [2.05, 4.69) is 0 Å². The lowest BCUT2D eigenvalue weighted by Crippen LogP contribution is -2.39. The smallest absolute Gasteiger partial charge is 0.208 e. The molecule has 24 heavy (non-hydrogen) atoms. The van der Waals surface area contributed by atoms with Gasteiger partial charge >= 0.3 is 0 Å². The van der Waals surface area contributed by atoms with Gasteiger partial charge in [-0.05, 0) is 10.9 Å². The Morgan fingerprint density at radius 3 is 0.708 bits per heavy atom. The van der Waals surface area contributed by atoms with Gasteiger partial charge in [0.05, 0.1) is 0 Å². The van der Waals surface area contributed by atoms with Gasteiger partial charge in [0, 0.05) is 0 Å². The Balaban J connectivity index is 0.00000288. The minimum atomic E-state index is -2.53. The Morgan fingerprint density at radius 1 is 0.333 bits per heavy atom. The molecule has 0 aromatic heterocycles. The molecule has 0 aliphatic carbocycles. The third-order valence-corrected chi connectivity index (χ3v) is 2.95. The fourth-order valence-corrected chi connectivity index (χ4v) is 1.79. The van der Waals surface area contributed by atoms with Crippen LogP contribution in [0.2, 0.25) is 0 Å². The maximum Gasteiger partial charge on any atom is 0.208 e. The third kappa shape index (κ3) is 2.80. The summed E-state index contributed by atoms with van der Waals surface area (Å²) in [6.07, 6.45) is 0. The average Bonchev–Trinajstić information content (AvgIpc) is 2.54. The molecule has 0 fully saturated rings. The van der Waals surface area contributed by atoms with Crippen LogP contribution in [-0.4, -0.2) is 7.28 Å². The van der Waals surface area contributed by atoms with E-state index in [4.69, 9.17) is 0 Å². The lowest BCUT2D eigenvalue weighted by Gasteiger charge is -2.10. The molecule has 0 radical (unpaired) electrons. The van der Waals surface area contributed by atoms with Crippen molar-refractivity contribution in [2.24, 2.45) is 0 Å². The summed E-state index contributed by atoms with van der Waals surface area (Å²) in [5.41, 5.74) is -3.46. The van der Waals surface area contributed by atoms with Gasteiger partial charge in [-0.3, -0.25) is 4.70 Å². The summed E-state index contributed by atoms with van der Waals surface area (Å²) < 4.78 is 131. The minimum absolute atomic E-state index is 0. The highest BCUT2D eigenvalue weighted by Crippen LogP contribution is 2.18. The van der Waals surface area contributed by atoms with Crippen LogP contribution in [0.3, 0.4) is 0 Å².